The minimum atomic E-state index is -1.25. The highest BCUT2D eigenvalue weighted by molar-refractivity contribution is 5.53. The van der Waals surface area contributed by atoms with Gasteiger partial charge < -0.3 is 9.47 Å². The first-order valence-corrected chi connectivity index (χ1v) is 11.4. The van der Waals surface area contributed by atoms with Gasteiger partial charge in [-0.2, -0.15) is 4.39 Å². The molecule has 2 nitrogen and oxygen atoms in total. The summed E-state index contributed by atoms with van der Waals surface area (Å²) in [6.45, 7) is 36.4. The molecule has 0 amide bonds. The molecular formula is C30H41F3O2. The Balaban J connectivity index is 0. The van der Waals surface area contributed by atoms with Crippen molar-refractivity contribution in [1.82, 2.24) is 0 Å². The van der Waals surface area contributed by atoms with Crippen LogP contribution in [-0.2, 0) is 9.47 Å². The van der Waals surface area contributed by atoms with Crippen LogP contribution in [0.2, 0.25) is 0 Å². The number of hydrogen-bond donors (Lipinski definition) is 0. The Labute approximate surface area is 210 Å². The lowest BCUT2D eigenvalue weighted by Crippen LogP contribution is -2.15. The van der Waals surface area contributed by atoms with Crippen LogP contribution in [0, 0.1) is 5.92 Å². The van der Waals surface area contributed by atoms with Crippen molar-refractivity contribution in [3.05, 3.63) is 122 Å². The normalized spacial score (nSPS) is 13.6. The zero-order valence-electron chi connectivity index (χ0n) is 21.8. The van der Waals surface area contributed by atoms with E-state index in [1.54, 1.807) is 6.92 Å². The van der Waals surface area contributed by atoms with Crippen LogP contribution in [0.25, 0.3) is 0 Å². The van der Waals surface area contributed by atoms with Crippen LogP contribution in [0.1, 0.15) is 40.5 Å². The molecule has 0 aliphatic rings. The Morgan fingerprint density at radius 3 is 1.83 bits per heavy atom. The minimum absolute atomic E-state index is 0.0171. The highest BCUT2D eigenvalue weighted by Crippen LogP contribution is 2.28. The molecule has 0 aromatic heterocycles. The summed E-state index contributed by atoms with van der Waals surface area (Å²) in [5, 5.41) is 0. The molecule has 0 bridgehead atoms. The maximum Gasteiger partial charge on any atom is 0.200 e. The second-order valence-electron chi connectivity index (χ2n) is 7.80. The van der Waals surface area contributed by atoms with E-state index >= 15 is 0 Å². The van der Waals surface area contributed by atoms with E-state index in [1.165, 1.54) is 18.2 Å². The smallest absolute Gasteiger partial charge is 0.200 e. The minimum Gasteiger partial charge on any atom is -0.491 e. The van der Waals surface area contributed by atoms with E-state index in [-0.39, 0.29) is 35.0 Å². The fourth-order valence-corrected chi connectivity index (χ4v) is 2.14. The molecule has 0 heterocycles. The molecule has 35 heavy (non-hydrogen) atoms. The average molecular weight is 491 g/mol. The second kappa shape index (κ2) is 18.3. The van der Waals surface area contributed by atoms with E-state index < -0.39 is 23.2 Å². The van der Waals surface area contributed by atoms with Gasteiger partial charge in [0, 0.05) is 17.8 Å². The van der Waals surface area contributed by atoms with Gasteiger partial charge in [0.2, 0.25) is 5.83 Å². The van der Waals surface area contributed by atoms with E-state index in [0.717, 1.165) is 6.42 Å². The molecule has 2 unspecified atom stereocenters. The Hall–Kier alpha value is -3.05. The zero-order valence-corrected chi connectivity index (χ0v) is 21.8. The SMILES string of the molecule is C=C.C=C(/C=C\C(=C)C(=C)/C(F)=C\C(=C)C(C)OCC(C)CC)C(=C)/C(F)=C(/F)C(=C)OCCC. The Bertz CT molecular complexity index is 887. The van der Waals surface area contributed by atoms with E-state index in [0.29, 0.717) is 24.5 Å². The third kappa shape index (κ3) is 12.8. The average Bonchev–Trinajstić information content (AvgIpc) is 2.87. The largest absolute Gasteiger partial charge is 0.491 e. The van der Waals surface area contributed by atoms with E-state index in [9.17, 15) is 13.2 Å². The standard InChI is InChI=1S/C28H37F3O2.C2H4/c1-11-15-32-25(10)28(31)27(30)23(8)20(5)14-13-19(4)22(7)26(29)16-21(6)24(9)33-17-18(3)12-2;1-2/h13-14,16,18,24H,4-8,10-12,15,17H2,1-3,9H3;1-2H2/b14-13-,26-16+,28-27-;. The van der Waals surface area contributed by atoms with Crippen molar-refractivity contribution in [3.63, 3.8) is 0 Å². The molecule has 0 rings (SSSR count). The third-order valence-electron chi connectivity index (χ3n) is 4.89. The van der Waals surface area contributed by atoms with Crippen LogP contribution < -0.4 is 0 Å². The van der Waals surface area contributed by atoms with Crippen molar-refractivity contribution in [3.8, 4) is 0 Å². The molecule has 0 aromatic carbocycles. The van der Waals surface area contributed by atoms with Gasteiger partial charge in [-0.05, 0) is 42.1 Å². The first-order valence-electron chi connectivity index (χ1n) is 11.4. The zero-order chi connectivity index (χ0) is 27.7. The van der Waals surface area contributed by atoms with Gasteiger partial charge in [-0.25, -0.2) is 8.78 Å². The molecule has 0 saturated carbocycles. The van der Waals surface area contributed by atoms with Crippen molar-refractivity contribution in [2.75, 3.05) is 13.2 Å². The lowest BCUT2D eigenvalue weighted by molar-refractivity contribution is 0.0663. The summed E-state index contributed by atoms with van der Waals surface area (Å²) in [5.41, 5.74) is 0.475. The quantitative estimate of drug-likeness (QED) is 0.122. The fourth-order valence-electron chi connectivity index (χ4n) is 2.14. The highest BCUT2D eigenvalue weighted by Gasteiger charge is 2.16. The molecule has 0 aromatic rings. The molecule has 0 aliphatic carbocycles. The number of allylic oxidation sites excluding steroid dienone is 9. The number of rotatable bonds is 16. The van der Waals surface area contributed by atoms with Crippen LogP contribution in [0.15, 0.2) is 122 Å². The van der Waals surface area contributed by atoms with Crippen LogP contribution >= 0.6 is 0 Å². The van der Waals surface area contributed by atoms with Crippen LogP contribution in [0.5, 0.6) is 0 Å². The Morgan fingerprint density at radius 1 is 0.829 bits per heavy atom. The predicted molar refractivity (Wildman–Crippen MR) is 145 cm³/mol. The van der Waals surface area contributed by atoms with Crippen molar-refractivity contribution >= 4 is 0 Å². The van der Waals surface area contributed by atoms with Gasteiger partial charge in [0.1, 0.15) is 5.83 Å². The van der Waals surface area contributed by atoms with Gasteiger partial charge in [-0.3, -0.25) is 0 Å². The lowest BCUT2D eigenvalue weighted by atomic mass is 10.0. The van der Waals surface area contributed by atoms with Gasteiger partial charge in [0.25, 0.3) is 0 Å². The van der Waals surface area contributed by atoms with Gasteiger partial charge in [0.05, 0.1) is 12.7 Å². The number of ether oxygens (including phenoxy) is 2. The summed E-state index contributed by atoms with van der Waals surface area (Å²) in [6, 6.07) is 0. The number of hydrogen-bond acceptors (Lipinski definition) is 2. The molecule has 5 heteroatoms. The summed E-state index contributed by atoms with van der Waals surface area (Å²) < 4.78 is 53.7. The summed E-state index contributed by atoms with van der Waals surface area (Å²) in [7, 11) is 0. The lowest BCUT2D eigenvalue weighted by Gasteiger charge is -2.16. The van der Waals surface area contributed by atoms with E-state index in [1.807, 2.05) is 6.92 Å². The molecule has 0 aliphatic heterocycles. The molecule has 0 spiro atoms. The van der Waals surface area contributed by atoms with Crippen LogP contribution in [0.3, 0.4) is 0 Å². The molecule has 2 atom stereocenters. The maximum absolute atomic E-state index is 14.6. The highest BCUT2D eigenvalue weighted by atomic mass is 19.2. The number of halogens is 3. The molecule has 0 N–H and O–H groups in total. The first-order chi connectivity index (χ1) is 16.4. The van der Waals surface area contributed by atoms with Crippen molar-refractivity contribution in [2.24, 2.45) is 5.92 Å². The predicted octanol–water partition coefficient (Wildman–Crippen LogP) is 9.52. The first kappa shape index (κ1) is 34.1. The molecule has 0 radical (unpaired) electrons. The van der Waals surface area contributed by atoms with Crippen molar-refractivity contribution < 1.29 is 22.6 Å². The topological polar surface area (TPSA) is 18.5 Å². The fraction of sp³-hybridized carbons (Fsp3) is 0.333. The van der Waals surface area contributed by atoms with E-state index in [4.69, 9.17) is 9.47 Å². The Kier molecular flexibility index (Phi) is 17.8. The Morgan fingerprint density at radius 2 is 1.34 bits per heavy atom. The molecule has 0 saturated heterocycles. The summed E-state index contributed by atoms with van der Waals surface area (Å²) >= 11 is 0. The summed E-state index contributed by atoms with van der Waals surface area (Å²) in [4.78, 5) is 0. The van der Waals surface area contributed by atoms with Gasteiger partial charge in [-0.1, -0.05) is 78.8 Å². The van der Waals surface area contributed by atoms with Crippen molar-refractivity contribution in [1.29, 1.82) is 0 Å². The monoisotopic (exact) mass is 490 g/mol. The third-order valence-corrected chi connectivity index (χ3v) is 4.89. The molecule has 194 valence electrons. The molecule has 0 fully saturated rings. The summed E-state index contributed by atoms with van der Waals surface area (Å²) in [5.74, 6) is -3.13. The maximum atomic E-state index is 14.6. The van der Waals surface area contributed by atoms with Gasteiger partial charge in [-0.15, -0.1) is 13.2 Å². The molecular weight excluding hydrogens is 449 g/mol. The van der Waals surface area contributed by atoms with Crippen LogP contribution in [-0.4, -0.2) is 19.3 Å². The van der Waals surface area contributed by atoms with Gasteiger partial charge in [0.15, 0.2) is 11.6 Å². The van der Waals surface area contributed by atoms with Crippen molar-refractivity contribution in [2.45, 2.75) is 46.6 Å². The second-order valence-corrected chi connectivity index (χ2v) is 7.80. The van der Waals surface area contributed by atoms with E-state index in [2.05, 4.69) is 66.5 Å². The van der Waals surface area contributed by atoms with Gasteiger partial charge >= 0.3 is 0 Å². The van der Waals surface area contributed by atoms with Crippen LogP contribution in [0.4, 0.5) is 13.2 Å². The summed E-state index contributed by atoms with van der Waals surface area (Å²) in [6.07, 6.45) is 5.23.